The van der Waals surface area contributed by atoms with Gasteiger partial charge in [-0.25, -0.2) is 0 Å². The number of rotatable bonds is 5. The lowest BCUT2D eigenvalue weighted by molar-refractivity contribution is -0.189. The molecule has 148 valence electrons. The van der Waals surface area contributed by atoms with Gasteiger partial charge >= 0.3 is 6.18 Å². The van der Waals surface area contributed by atoms with Crippen molar-refractivity contribution < 1.29 is 27.5 Å². The fourth-order valence-corrected chi connectivity index (χ4v) is 3.78. The number of amides is 2. The largest absolute Gasteiger partial charge is 0.497 e. The molecule has 0 radical (unpaired) electrons. The molecule has 27 heavy (non-hydrogen) atoms. The maximum Gasteiger partial charge on any atom is 0.393 e. The molecule has 2 fully saturated rings. The quantitative estimate of drug-likeness (QED) is 0.733. The zero-order valence-corrected chi connectivity index (χ0v) is 15.2. The van der Waals surface area contributed by atoms with Gasteiger partial charge in [0.2, 0.25) is 11.8 Å². The third-order valence-electron chi connectivity index (χ3n) is 5.36. The molecule has 8 heteroatoms. The summed E-state index contributed by atoms with van der Waals surface area (Å²) in [6.07, 6.45) is -3.34. The van der Waals surface area contributed by atoms with Crippen LogP contribution in [-0.2, 0) is 16.0 Å². The van der Waals surface area contributed by atoms with E-state index < -0.39 is 18.1 Å². The molecule has 0 spiro atoms. The summed E-state index contributed by atoms with van der Waals surface area (Å²) in [5.41, 5.74) is 0.954. The van der Waals surface area contributed by atoms with E-state index in [0.29, 0.717) is 19.4 Å². The van der Waals surface area contributed by atoms with Gasteiger partial charge in [0.05, 0.1) is 25.5 Å². The number of carbonyl (C=O) groups excluding carboxylic acids is 2. The first-order valence-corrected chi connectivity index (χ1v) is 9.07. The van der Waals surface area contributed by atoms with E-state index in [1.807, 2.05) is 12.1 Å². The number of halogens is 3. The molecular formula is C19H23F3N2O3. The number of ether oxygens (including phenoxy) is 1. The topological polar surface area (TPSA) is 49.9 Å². The minimum atomic E-state index is -4.27. The van der Waals surface area contributed by atoms with Crippen LogP contribution in [-0.4, -0.2) is 60.6 Å². The predicted octanol–water partition coefficient (Wildman–Crippen LogP) is 2.64. The lowest BCUT2D eigenvalue weighted by Gasteiger charge is -2.36. The van der Waals surface area contributed by atoms with E-state index in [9.17, 15) is 22.8 Å². The molecule has 5 nitrogen and oxygen atoms in total. The molecular weight excluding hydrogens is 361 g/mol. The Morgan fingerprint density at radius 2 is 1.89 bits per heavy atom. The molecule has 0 aliphatic carbocycles. The Morgan fingerprint density at radius 3 is 2.52 bits per heavy atom. The second-order valence-corrected chi connectivity index (χ2v) is 7.08. The molecule has 2 heterocycles. The minimum absolute atomic E-state index is 0.0357. The van der Waals surface area contributed by atoms with Gasteiger partial charge in [-0.1, -0.05) is 12.1 Å². The first kappa shape index (κ1) is 19.7. The van der Waals surface area contributed by atoms with Crippen LogP contribution in [0.25, 0.3) is 0 Å². The molecule has 0 N–H and O–H groups in total. The Balaban J connectivity index is 1.60. The first-order valence-electron chi connectivity index (χ1n) is 9.07. The molecule has 2 saturated heterocycles. The van der Waals surface area contributed by atoms with Crippen LogP contribution in [0.5, 0.6) is 5.75 Å². The summed E-state index contributed by atoms with van der Waals surface area (Å²) >= 11 is 0. The fourth-order valence-electron chi connectivity index (χ4n) is 3.78. The monoisotopic (exact) mass is 384 g/mol. The molecule has 0 bridgehead atoms. The van der Waals surface area contributed by atoms with Crippen molar-refractivity contribution in [2.45, 2.75) is 37.9 Å². The first-order chi connectivity index (χ1) is 12.8. The van der Waals surface area contributed by atoms with E-state index in [4.69, 9.17) is 4.74 Å². The molecule has 0 unspecified atom stereocenters. The fraction of sp³-hybridized carbons (Fsp3) is 0.579. The van der Waals surface area contributed by atoms with Crippen LogP contribution in [0.4, 0.5) is 13.2 Å². The number of piperidine rings is 1. The summed E-state index contributed by atoms with van der Waals surface area (Å²) in [4.78, 5) is 27.7. The van der Waals surface area contributed by atoms with Crippen LogP contribution >= 0.6 is 0 Å². The molecule has 0 saturated carbocycles. The zero-order chi connectivity index (χ0) is 19.6. The summed E-state index contributed by atoms with van der Waals surface area (Å²) in [6, 6.07) is 6.56. The maximum absolute atomic E-state index is 13.0. The highest BCUT2D eigenvalue weighted by molar-refractivity contribution is 6.05. The number of carbonyl (C=O) groups is 2. The molecule has 2 aliphatic rings. The van der Waals surface area contributed by atoms with E-state index in [0.717, 1.165) is 11.3 Å². The van der Waals surface area contributed by atoms with Crippen LogP contribution in [0.3, 0.4) is 0 Å². The van der Waals surface area contributed by atoms with Gasteiger partial charge in [-0.15, -0.1) is 0 Å². The van der Waals surface area contributed by atoms with Crippen LogP contribution in [0.15, 0.2) is 24.3 Å². The number of benzene rings is 1. The highest BCUT2D eigenvalue weighted by atomic mass is 19.4. The summed E-state index contributed by atoms with van der Waals surface area (Å²) in [5.74, 6) is -1.40. The van der Waals surface area contributed by atoms with Gasteiger partial charge in [-0.2, -0.15) is 13.2 Å². The van der Waals surface area contributed by atoms with Crippen molar-refractivity contribution in [3.05, 3.63) is 29.8 Å². The second kappa shape index (κ2) is 7.88. The molecule has 1 aromatic rings. The average Bonchev–Trinajstić information content (AvgIpc) is 2.94. The van der Waals surface area contributed by atoms with Crippen LogP contribution in [0.2, 0.25) is 0 Å². The summed E-state index contributed by atoms with van der Waals surface area (Å²) in [7, 11) is 1.57. The average molecular weight is 384 g/mol. The number of imide groups is 1. The van der Waals surface area contributed by atoms with Crippen molar-refractivity contribution in [2.24, 2.45) is 5.92 Å². The Morgan fingerprint density at radius 1 is 1.19 bits per heavy atom. The van der Waals surface area contributed by atoms with E-state index in [2.05, 4.69) is 0 Å². The van der Waals surface area contributed by atoms with Crippen molar-refractivity contribution >= 4 is 11.8 Å². The highest BCUT2D eigenvalue weighted by Gasteiger charge is 2.47. The Kier molecular flexibility index (Phi) is 5.74. The van der Waals surface area contributed by atoms with Crippen molar-refractivity contribution in [1.29, 1.82) is 0 Å². The standard InChI is InChI=1S/C19H23F3N2O3/c1-27-15-6-4-13(5-7-15)8-10-24-17(25)11-16(18(24)26)23-9-2-3-14(12-23)19(20,21)22/h4-7,14,16H,2-3,8-12H2,1H3/t14-,16-/m0/s1. The van der Waals surface area contributed by atoms with Crippen LogP contribution < -0.4 is 4.74 Å². The van der Waals surface area contributed by atoms with Crippen molar-refractivity contribution in [3.63, 3.8) is 0 Å². The highest BCUT2D eigenvalue weighted by Crippen LogP contribution is 2.35. The number of hydrogen-bond acceptors (Lipinski definition) is 4. The molecule has 3 rings (SSSR count). The van der Waals surface area contributed by atoms with Crippen molar-refractivity contribution in [1.82, 2.24) is 9.80 Å². The predicted molar refractivity (Wildman–Crippen MR) is 92.2 cm³/mol. The number of alkyl halides is 3. The third-order valence-corrected chi connectivity index (χ3v) is 5.36. The van der Waals surface area contributed by atoms with E-state index in [1.54, 1.807) is 19.2 Å². The molecule has 2 aliphatic heterocycles. The Bertz CT molecular complexity index is 690. The number of hydrogen-bond donors (Lipinski definition) is 0. The number of nitrogens with zero attached hydrogens (tertiary/aromatic N) is 2. The summed E-state index contributed by atoms with van der Waals surface area (Å²) < 4.78 is 44.1. The minimum Gasteiger partial charge on any atom is -0.497 e. The second-order valence-electron chi connectivity index (χ2n) is 7.08. The number of likely N-dealkylation sites (tertiary alicyclic amines) is 2. The van der Waals surface area contributed by atoms with Gasteiger partial charge in [-0.3, -0.25) is 19.4 Å². The van der Waals surface area contributed by atoms with Gasteiger partial charge in [-0.05, 0) is 43.5 Å². The van der Waals surface area contributed by atoms with Crippen molar-refractivity contribution in [3.8, 4) is 5.75 Å². The van der Waals surface area contributed by atoms with Gasteiger partial charge in [0, 0.05) is 13.1 Å². The van der Waals surface area contributed by atoms with Crippen LogP contribution in [0.1, 0.15) is 24.8 Å². The normalized spacial score (nSPS) is 24.5. The molecule has 1 aromatic carbocycles. The number of methoxy groups -OCH3 is 1. The van der Waals surface area contributed by atoms with E-state index in [1.165, 1.54) is 9.80 Å². The van der Waals surface area contributed by atoms with Crippen molar-refractivity contribution in [2.75, 3.05) is 26.7 Å². The zero-order valence-electron chi connectivity index (χ0n) is 15.2. The molecule has 0 aromatic heterocycles. The van der Waals surface area contributed by atoms with E-state index in [-0.39, 0.29) is 37.7 Å². The van der Waals surface area contributed by atoms with Gasteiger partial charge < -0.3 is 4.74 Å². The van der Waals surface area contributed by atoms with Gasteiger partial charge in [0.1, 0.15) is 5.75 Å². The lowest BCUT2D eigenvalue weighted by Crippen LogP contribution is -2.49. The summed E-state index contributed by atoms with van der Waals surface area (Å²) in [6.45, 7) is 0.444. The smallest absolute Gasteiger partial charge is 0.393 e. The van der Waals surface area contributed by atoms with Crippen LogP contribution in [0, 0.1) is 5.92 Å². The Labute approximate surface area is 156 Å². The SMILES string of the molecule is COc1ccc(CCN2C(=O)C[C@H](N3CCC[C@H](C(F)(F)F)C3)C2=O)cc1. The molecule has 2 amide bonds. The summed E-state index contributed by atoms with van der Waals surface area (Å²) in [5, 5.41) is 0. The van der Waals surface area contributed by atoms with Gasteiger partial charge in [0.15, 0.2) is 0 Å². The Hall–Kier alpha value is -2.09. The molecule has 2 atom stereocenters. The lowest BCUT2D eigenvalue weighted by atomic mass is 9.96. The van der Waals surface area contributed by atoms with E-state index >= 15 is 0 Å². The maximum atomic E-state index is 13.0. The third kappa shape index (κ3) is 4.43. The van der Waals surface area contributed by atoms with Gasteiger partial charge in [0.25, 0.3) is 0 Å².